The summed E-state index contributed by atoms with van der Waals surface area (Å²) in [5.41, 5.74) is -0.213. The van der Waals surface area contributed by atoms with Gasteiger partial charge in [-0.2, -0.15) is 0 Å². The molecule has 1 saturated carbocycles. The highest BCUT2D eigenvalue weighted by Gasteiger charge is 2.48. The fourth-order valence-electron chi connectivity index (χ4n) is 1.76. The molecule has 1 heterocycles. The van der Waals surface area contributed by atoms with Crippen LogP contribution in [-0.4, -0.2) is 19.8 Å². The van der Waals surface area contributed by atoms with Gasteiger partial charge in [-0.3, -0.25) is 0 Å². The Labute approximate surface area is 115 Å². The molecular formula is C10H13Cl2NO2S2. The van der Waals surface area contributed by atoms with Crippen molar-refractivity contribution in [3.63, 3.8) is 0 Å². The lowest BCUT2D eigenvalue weighted by Gasteiger charge is -2.48. The zero-order valence-electron chi connectivity index (χ0n) is 9.41. The lowest BCUT2D eigenvalue weighted by atomic mass is 9.67. The van der Waals surface area contributed by atoms with Crippen LogP contribution >= 0.6 is 34.5 Å². The zero-order chi connectivity index (χ0) is 12.8. The summed E-state index contributed by atoms with van der Waals surface area (Å²) in [6, 6.07) is 2.98. The van der Waals surface area contributed by atoms with Gasteiger partial charge in [-0.15, -0.1) is 22.9 Å². The number of rotatable bonds is 3. The molecule has 1 aliphatic rings. The van der Waals surface area contributed by atoms with Crippen molar-refractivity contribution in [3.8, 4) is 0 Å². The molecule has 2 atom stereocenters. The van der Waals surface area contributed by atoms with Crippen LogP contribution in [0, 0.1) is 5.41 Å². The highest BCUT2D eigenvalue weighted by atomic mass is 35.5. The Hall–Kier alpha value is 0.190. The molecule has 0 saturated heterocycles. The van der Waals surface area contributed by atoms with Crippen LogP contribution in [0.4, 0.5) is 0 Å². The van der Waals surface area contributed by atoms with Gasteiger partial charge in [-0.05, 0) is 24.0 Å². The summed E-state index contributed by atoms with van der Waals surface area (Å²) >= 11 is 12.9. The van der Waals surface area contributed by atoms with Crippen LogP contribution < -0.4 is 4.72 Å². The van der Waals surface area contributed by atoms with Crippen molar-refractivity contribution in [2.24, 2.45) is 5.41 Å². The van der Waals surface area contributed by atoms with Crippen LogP contribution in [0.5, 0.6) is 0 Å². The van der Waals surface area contributed by atoms with Crippen LogP contribution in [0.2, 0.25) is 4.34 Å². The maximum absolute atomic E-state index is 12.0. The van der Waals surface area contributed by atoms with E-state index < -0.39 is 10.0 Å². The van der Waals surface area contributed by atoms with E-state index in [1.165, 1.54) is 6.07 Å². The van der Waals surface area contributed by atoms with Crippen molar-refractivity contribution in [1.82, 2.24) is 4.72 Å². The minimum atomic E-state index is -3.47. The van der Waals surface area contributed by atoms with Gasteiger partial charge >= 0.3 is 0 Å². The van der Waals surface area contributed by atoms with Gasteiger partial charge in [0.25, 0.3) is 0 Å². The Balaban J connectivity index is 2.15. The summed E-state index contributed by atoms with van der Waals surface area (Å²) in [4.78, 5) is 0. The van der Waals surface area contributed by atoms with Crippen LogP contribution in [-0.2, 0) is 10.0 Å². The molecule has 1 aromatic rings. The molecule has 0 amide bonds. The SMILES string of the molecule is CC1(C)C(Cl)CC1NS(=O)(=O)c1ccc(Cl)s1. The van der Waals surface area contributed by atoms with Crippen molar-refractivity contribution >= 4 is 44.6 Å². The summed E-state index contributed by atoms with van der Waals surface area (Å²) in [5.74, 6) is 0. The third kappa shape index (κ3) is 2.49. The molecule has 17 heavy (non-hydrogen) atoms. The standard InChI is InChI=1S/C10H13Cl2NO2S2/c1-10(2)6(11)5-7(10)13-17(14,15)9-4-3-8(12)16-9/h3-4,6-7,13H,5H2,1-2H3. The van der Waals surface area contributed by atoms with Gasteiger partial charge in [0.2, 0.25) is 10.0 Å². The number of alkyl halides is 1. The third-order valence-corrected chi connectivity index (χ3v) is 7.19. The molecule has 0 aromatic carbocycles. The van der Waals surface area contributed by atoms with Crippen LogP contribution in [0.25, 0.3) is 0 Å². The molecule has 2 unspecified atom stereocenters. The first-order valence-electron chi connectivity index (χ1n) is 5.15. The molecule has 0 bridgehead atoms. The lowest BCUT2D eigenvalue weighted by molar-refractivity contribution is 0.137. The summed E-state index contributed by atoms with van der Waals surface area (Å²) in [6.45, 7) is 3.92. The number of sulfonamides is 1. The Bertz CT molecular complexity index is 524. The average Bonchev–Trinajstić information content (AvgIpc) is 2.65. The first-order valence-corrected chi connectivity index (χ1v) is 8.26. The largest absolute Gasteiger partial charge is 0.250 e. The molecular weight excluding hydrogens is 301 g/mol. The van der Waals surface area contributed by atoms with E-state index in [9.17, 15) is 8.42 Å². The number of nitrogens with one attached hydrogen (secondary N) is 1. The van der Waals surface area contributed by atoms with Gasteiger partial charge < -0.3 is 0 Å². The molecule has 7 heteroatoms. The van der Waals surface area contributed by atoms with Crippen LogP contribution in [0.3, 0.4) is 0 Å². The van der Waals surface area contributed by atoms with E-state index in [1.807, 2.05) is 13.8 Å². The summed E-state index contributed by atoms with van der Waals surface area (Å²) < 4.78 is 27.5. The Kier molecular flexibility index (Phi) is 3.51. The molecule has 1 N–H and O–H groups in total. The lowest BCUT2D eigenvalue weighted by Crippen LogP contribution is -2.59. The Morgan fingerprint density at radius 2 is 2.12 bits per heavy atom. The number of hydrogen-bond acceptors (Lipinski definition) is 3. The smallest absolute Gasteiger partial charge is 0.207 e. The van der Waals surface area contributed by atoms with Gasteiger partial charge in [0.1, 0.15) is 4.21 Å². The van der Waals surface area contributed by atoms with Crippen molar-refractivity contribution in [3.05, 3.63) is 16.5 Å². The van der Waals surface area contributed by atoms with E-state index in [0.717, 1.165) is 11.3 Å². The van der Waals surface area contributed by atoms with Crippen molar-refractivity contribution in [2.75, 3.05) is 0 Å². The van der Waals surface area contributed by atoms with E-state index >= 15 is 0 Å². The molecule has 1 fully saturated rings. The monoisotopic (exact) mass is 313 g/mol. The van der Waals surface area contributed by atoms with Gasteiger partial charge in [0.15, 0.2) is 0 Å². The fourth-order valence-corrected chi connectivity index (χ4v) is 4.99. The molecule has 0 radical (unpaired) electrons. The fraction of sp³-hybridized carbons (Fsp3) is 0.600. The van der Waals surface area contributed by atoms with Crippen molar-refractivity contribution < 1.29 is 8.42 Å². The Morgan fingerprint density at radius 1 is 1.47 bits per heavy atom. The summed E-state index contributed by atoms with van der Waals surface area (Å²) in [5, 5.41) is 0.0159. The number of thiophene rings is 1. The first kappa shape index (κ1) is 13.6. The van der Waals surface area contributed by atoms with E-state index in [1.54, 1.807) is 6.07 Å². The zero-order valence-corrected chi connectivity index (χ0v) is 12.6. The highest BCUT2D eigenvalue weighted by molar-refractivity contribution is 7.91. The van der Waals surface area contributed by atoms with Crippen molar-refractivity contribution in [2.45, 2.75) is 35.9 Å². The maximum atomic E-state index is 12.0. The average molecular weight is 314 g/mol. The number of halogens is 2. The second-order valence-corrected chi connectivity index (χ2v) is 8.94. The molecule has 0 spiro atoms. The van der Waals surface area contributed by atoms with E-state index in [0.29, 0.717) is 10.8 Å². The molecule has 0 aliphatic heterocycles. The topological polar surface area (TPSA) is 46.2 Å². The quantitative estimate of drug-likeness (QED) is 0.872. The second-order valence-electron chi connectivity index (χ2n) is 4.76. The minimum Gasteiger partial charge on any atom is -0.207 e. The van der Waals surface area contributed by atoms with Crippen molar-refractivity contribution in [1.29, 1.82) is 0 Å². The van der Waals surface area contributed by atoms with Gasteiger partial charge in [-0.1, -0.05) is 25.4 Å². The predicted octanol–water partition coefficient (Wildman–Crippen LogP) is 3.09. The Morgan fingerprint density at radius 3 is 2.53 bits per heavy atom. The molecule has 1 aliphatic carbocycles. The second kappa shape index (κ2) is 4.38. The van der Waals surface area contributed by atoms with E-state index in [4.69, 9.17) is 23.2 Å². The van der Waals surface area contributed by atoms with Crippen LogP contribution in [0.15, 0.2) is 16.3 Å². The van der Waals surface area contributed by atoms with Gasteiger partial charge in [0.05, 0.1) is 4.34 Å². The first-order chi connectivity index (χ1) is 7.73. The molecule has 2 rings (SSSR count). The molecule has 1 aromatic heterocycles. The predicted molar refractivity (Wildman–Crippen MR) is 71.5 cm³/mol. The van der Waals surface area contributed by atoms with E-state index in [-0.39, 0.29) is 21.0 Å². The van der Waals surface area contributed by atoms with Gasteiger partial charge in [-0.25, -0.2) is 13.1 Å². The normalized spacial score (nSPS) is 27.8. The third-order valence-electron chi connectivity index (χ3n) is 3.26. The molecule has 96 valence electrons. The highest BCUT2D eigenvalue weighted by Crippen LogP contribution is 2.45. The summed E-state index contributed by atoms with van der Waals surface area (Å²) in [7, 11) is -3.47. The van der Waals surface area contributed by atoms with E-state index in [2.05, 4.69) is 4.72 Å². The van der Waals surface area contributed by atoms with Crippen LogP contribution in [0.1, 0.15) is 20.3 Å². The van der Waals surface area contributed by atoms with Gasteiger partial charge in [0, 0.05) is 11.4 Å². The maximum Gasteiger partial charge on any atom is 0.250 e. The summed E-state index contributed by atoms with van der Waals surface area (Å²) in [6.07, 6.45) is 0.660. The molecule has 3 nitrogen and oxygen atoms in total. The number of hydrogen-bond donors (Lipinski definition) is 1. The minimum absolute atomic E-state index is 0.0159.